The van der Waals surface area contributed by atoms with Crippen LogP contribution >= 0.6 is 11.3 Å². The number of thiazole rings is 1. The number of carboxylic acids is 3. The highest BCUT2D eigenvalue weighted by Crippen LogP contribution is 2.71. The average molecular weight is 1440 g/mol. The molecule has 12 rings (SSSR count). The summed E-state index contributed by atoms with van der Waals surface area (Å²) in [6.45, 7) is 6.50. The molecule has 0 radical (unpaired) electrons. The number of fused-ring (bicyclic) bond motifs is 2. The van der Waals surface area contributed by atoms with Gasteiger partial charge in [0.05, 0.1) is 47.8 Å². The molecule has 4 bridgehead atoms. The largest absolute Gasteiger partial charge is 0.491 e. The van der Waals surface area contributed by atoms with E-state index in [1.54, 1.807) is 31.2 Å². The maximum atomic E-state index is 14.1. The van der Waals surface area contributed by atoms with Crippen LogP contribution in [0.1, 0.15) is 123 Å². The summed E-state index contributed by atoms with van der Waals surface area (Å²) in [6.07, 6.45) is -0.716. The predicted molar refractivity (Wildman–Crippen MR) is 376 cm³/mol. The van der Waals surface area contributed by atoms with Crippen LogP contribution in [-0.4, -0.2) is 199 Å². The molecule has 4 heterocycles. The van der Waals surface area contributed by atoms with Gasteiger partial charge in [0.25, 0.3) is 17.7 Å². The Hall–Kier alpha value is -9.75. The van der Waals surface area contributed by atoms with Crippen LogP contribution in [0.4, 0.5) is 9.93 Å². The van der Waals surface area contributed by atoms with Crippen LogP contribution in [0, 0.1) is 16.2 Å². The lowest BCUT2D eigenvalue weighted by molar-refractivity contribution is -0.271. The molecule has 5 amide bonds. The van der Waals surface area contributed by atoms with Gasteiger partial charge in [0.2, 0.25) is 12.2 Å². The van der Waals surface area contributed by atoms with Crippen molar-refractivity contribution < 1.29 is 97.4 Å². The first kappa shape index (κ1) is 74.4. The highest BCUT2D eigenvalue weighted by atomic mass is 32.1. The van der Waals surface area contributed by atoms with Gasteiger partial charge in [-0.25, -0.2) is 24.4 Å². The van der Waals surface area contributed by atoms with Crippen molar-refractivity contribution >= 4 is 96.4 Å². The Morgan fingerprint density at radius 2 is 1.55 bits per heavy atom. The number of para-hydroxylation sites is 1. The number of rotatable bonds is 33. The number of hydrogen-bond acceptors (Lipinski definition) is 22. The molecule has 2 aromatic heterocycles. The molecule has 103 heavy (non-hydrogen) atoms. The molecular weight excluding hydrogens is 1350 g/mol. The molecule has 6 aromatic rings. The van der Waals surface area contributed by atoms with Gasteiger partial charge in [-0.1, -0.05) is 68.0 Å². The Kier molecular flexibility index (Phi) is 23.0. The number of ether oxygens (including phenoxy) is 6. The van der Waals surface area contributed by atoms with Gasteiger partial charge >= 0.3 is 24.0 Å². The van der Waals surface area contributed by atoms with Gasteiger partial charge in [-0.2, -0.15) is 0 Å². The lowest BCUT2D eigenvalue weighted by Crippen LogP contribution is -2.64. The molecule has 5 fully saturated rings. The number of carbonyl (C=O) groups excluding carboxylic acids is 5. The van der Waals surface area contributed by atoms with Gasteiger partial charge in [0.15, 0.2) is 16.9 Å². The molecule has 0 spiro atoms. The number of hydrogen-bond donors (Lipinski definition) is 9. The second-order valence-electron chi connectivity index (χ2n) is 27.9. The highest BCUT2D eigenvalue weighted by Gasteiger charge is 2.66. The molecule has 1 saturated heterocycles. The van der Waals surface area contributed by atoms with Crippen molar-refractivity contribution in [2.24, 2.45) is 27.0 Å². The zero-order valence-corrected chi connectivity index (χ0v) is 58.1. The first-order chi connectivity index (χ1) is 49.2. The number of aromatic carboxylic acids is 1. The number of imide groups is 1. The number of carbonyl (C=O) groups is 8. The maximum absolute atomic E-state index is 14.1. The number of nitrogens with two attached hydrogens (primary N) is 1. The van der Waals surface area contributed by atoms with Crippen LogP contribution in [0.5, 0.6) is 11.5 Å². The molecule has 546 valence electrons. The maximum Gasteiger partial charge on any atom is 0.410 e. The Bertz CT molecular complexity index is 4260. The molecule has 28 nitrogen and oxygen atoms in total. The quantitative estimate of drug-likeness (QED) is 0.0108. The fourth-order valence-corrected chi connectivity index (χ4v) is 16.8. The van der Waals surface area contributed by atoms with Crippen molar-refractivity contribution in [3.05, 3.63) is 132 Å². The summed E-state index contributed by atoms with van der Waals surface area (Å²) in [5, 5.41) is 69.8. The number of aromatic nitrogens is 2. The summed E-state index contributed by atoms with van der Waals surface area (Å²) < 4.78 is 36.6. The van der Waals surface area contributed by atoms with E-state index in [1.165, 1.54) is 52.8 Å². The Morgan fingerprint density at radius 1 is 0.786 bits per heavy atom. The molecular formula is C74H84N8O20S. The van der Waals surface area contributed by atoms with Crippen LogP contribution in [0.2, 0.25) is 0 Å². The molecule has 4 aromatic carbocycles. The van der Waals surface area contributed by atoms with Crippen LogP contribution < -0.4 is 25.8 Å². The number of pyridine rings is 1. The second kappa shape index (κ2) is 31.9. The minimum Gasteiger partial charge on any atom is -0.491 e. The standard InChI is InChI=1S/C74H84N8O20S/c1-43(51(34-75)48-19-20-52(78-60(48)66(92)93)45-16-15-44-10-9-11-49(50(44)32-45)65(91)80-69-79-53-12-6-7-13-55(53)103-69)77-42-73-37-71(2)36-72(3,38-73)40-74(39-71,41-73)100-29-27-81(26-23-59(86)87)70(96)99-35-46-17-18-47(33-54(46)101-68-63(90)61(88)62(89)64(102-68)67(94)95)98-31-30-97-28-24-76-56(83)14-5-4-8-25-82-57(84)21-22-58(82)85/h6-7,9-13,15-22,32-34,61-64,68,88-90H,4-5,8,14,23-31,35-42,75H2,1-3H3,(H,76,83)(H,86,87)(H,92,93)(H,94,95)(H,79,80,91)/b51-34+,77-43?/t61-,62-,63+,64-,68+,71?,72?,73?,74?/m1/s1. The molecule has 2 unspecified atom stereocenters. The first-order valence-corrected chi connectivity index (χ1v) is 34.9. The average Bonchev–Trinajstić information content (AvgIpc) is 0.860. The van der Waals surface area contributed by atoms with Crippen LogP contribution in [0.3, 0.4) is 0 Å². The van der Waals surface area contributed by atoms with E-state index in [-0.39, 0.29) is 127 Å². The summed E-state index contributed by atoms with van der Waals surface area (Å²) >= 11 is 1.37. The number of allylic oxidation sites excluding steroid dienone is 1. The number of nitrogens with zero attached hydrogens (tertiary/aromatic N) is 5. The third-order valence-corrected chi connectivity index (χ3v) is 20.5. The van der Waals surface area contributed by atoms with E-state index in [9.17, 15) is 69.0 Å². The summed E-state index contributed by atoms with van der Waals surface area (Å²) in [5.74, 6) is -5.33. The van der Waals surface area contributed by atoms with E-state index >= 15 is 0 Å². The second-order valence-corrected chi connectivity index (χ2v) is 28.9. The van der Waals surface area contributed by atoms with E-state index < -0.39 is 73.3 Å². The number of aliphatic imine (C=N–C) groups is 1. The number of carboxylic acid groups (broad SMARTS) is 3. The number of benzene rings is 4. The topological polar surface area (TPSA) is 408 Å². The van der Waals surface area contributed by atoms with Crippen molar-refractivity contribution in [2.75, 3.05) is 64.5 Å². The summed E-state index contributed by atoms with van der Waals surface area (Å²) in [7, 11) is 0. The lowest BCUT2D eigenvalue weighted by Gasteiger charge is -2.69. The van der Waals surface area contributed by atoms with Crippen LogP contribution in [0.25, 0.3) is 37.8 Å². The minimum absolute atomic E-state index is 0.00425. The molecule has 4 saturated carbocycles. The molecule has 6 aliphatic rings. The summed E-state index contributed by atoms with van der Waals surface area (Å²) in [5.41, 5.74) is 8.18. The van der Waals surface area contributed by atoms with Crippen molar-refractivity contribution in [3.63, 3.8) is 0 Å². The number of aliphatic hydroxyl groups excluding tert-OH is 3. The van der Waals surface area contributed by atoms with Gasteiger partial charge in [-0.05, 0) is 134 Å². The third-order valence-electron chi connectivity index (χ3n) is 19.5. The van der Waals surface area contributed by atoms with E-state index in [0.29, 0.717) is 70.9 Å². The van der Waals surface area contributed by atoms with Crippen molar-refractivity contribution in [1.82, 2.24) is 25.1 Å². The number of aliphatic carboxylic acids is 2. The first-order valence-electron chi connectivity index (χ1n) is 34.1. The predicted octanol–water partition coefficient (Wildman–Crippen LogP) is 7.74. The van der Waals surface area contributed by atoms with Gasteiger partial charge in [0, 0.05) is 97.1 Å². The number of nitrogens with one attached hydrogen (secondary N) is 2. The van der Waals surface area contributed by atoms with E-state index in [2.05, 4.69) is 34.4 Å². The smallest absolute Gasteiger partial charge is 0.410 e. The van der Waals surface area contributed by atoms with Crippen molar-refractivity contribution in [2.45, 2.75) is 134 Å². The monoisotopic (exact) mass is 1440 g/mol. The van der Waals surface area contributed by atoms with E-state index in [4.69, 9.17) is 39.1 Å². The van der Waals surface area contributed by atoms with Crippen LogP contribution in [0.15, 0.2) is 114 Å². The van der Waals surface area contributed by atoms with Gasteiger partial charge < -0.3 is 75.0 Å². The van der Waals surface area contributed by atoms with Crippen molar-refractivity contribution in [1.29, 1.82) is 0 Å². The normalized spacial score (nSPS) is 24.4. The number of unbranched alkanes of at least 4 members (excludes halogenated alkanes) is 2. The fraction of sp³-hybridized carbons (Fsp3) is 0.446. The minimum atomic E-state index is -2.02. The van der Waals surface area contributed by atoms with E-state index in [1.807, 2.05) is 48.5 Å². The zero-order valence-electron chi connectivity index (χ0n) is 57.2. The molecule has 4 aliphatic carbocycles. The number of anilines is 1. The Labute approximate surface area is 596 Å². The zero-order chi connectivity index (χ0) is 73.4. The highest BCUT2D eigenvalue weighted by molar-refractivity contribution is 7.22. The van der Waals surface area contributed by atoms with Crippen LogP contribution in [-0.2, 0) is 49.5 Å². The molecule has 2 aliphatic heterocycles. The summed E-state index contributed by atoms with van der Waals surface area (Å²) in [6, 6.07) is 26.2. The van der Waals surface area contributed by atoms with Gasteiger partial charge in [-0.3, -0.25) is 39.2 Å². The van der Waals surface area contributed by atoms with E-state index in [0.717, 1.165) is 52.6 Å². The summed E-state index contributed by atoms with van der Waals surface area (Å²) in [4.78, 5) is 118. The third kappa shape index (κ3) is 17.7. The molecule has 10 N–H and O–H groups in total. The van der Waals surface area contributed by atoms with Crippen molar-refractivity contribution in [3.8, 4) is 22.8 Å². The number of aliphatic hydroxyl groups is 3. The Morgan fingerprint density at radius 3 is 2.28 bits per heavy atom. The molecule has 29 heteroatoms. The number of amides is 5. The Balaban J connectivity index is 0.719. The van der Waals surface area contributed by atoms with Gasteiger partial charge in [0.1, 0.15) is 43.0 Å². The lowest BCUT2D eigenvalue weighted by atomic mass is 9.39. The SMILES string of the molecule is CC(=NCC12CC3(C)CC(C)(C1)CC(OCCN(CCC(=O)O)C(=O)OCc1ccc(OCCOCCNC(=O)CCCCCN4C(=O)C=CC4=O)cc1O[C@H]1O[C@@H](C(=O)O)[C@H](O)[C@@H](O)[C@@H]1O)(C3)C2)/C(=C\N)c1ccc(-c2ccc3cccc(C(=O)Nc4nc5ccccc5s4)c3c2)nc1C(=O)O. The molecule has 7 atom stereocenters. The van der Waals surface area contributed by atoms with Gasteiger partial charge in [-0.15, -0.1) is 0 Å². The fourth-order valence-electron chi connectivity index (χ4n) is 16.0.